The summed E-state index contributed by atoms with van der Waals surface area (Å²) in [6.45, 7) is 3.74. The smallest absolute Gasteiger partial charge is 0.314 e. The Morgan fingerprint density at radius 3 is 2.47 bits per heavy atom. The van der Waals surface area contributed by atoms with Crippen LogP contribution in [0.1, 0.15) is 33.1 Å². The van der Waals surface area contributed by atoms with Gasteiger partial charge in [-0.25, -0.2) is 0 Å². The molecule has 1 aliphatic heterocycles. The average Bonchev–Trinajstić information content (AvgIpc) is 2.27. The first-order valence-corrected chi connectivity index (χ1v) is 6.54. The molecule has 1 N–H and O–H groups in total. The van der Waals surface area contributed by atoms with Gasteiger partial charge in [-0.1, -0.05) is 6.92 Å². The van der Waals surface area contributed by atoms with Gasteiger partial charge in [-0.2, -0.15) is 11.8 Å². The molecule has 1 rings (SSSR count). The molecule has 1 aliphatic rings. The Balaban J connectivity index is 2.92. The van der Waals surface area contributed by atoms with Gasteiger partial charge in [0.1, 0.15) is 0 Å². The van der Waals surface area contributed by atoms with Crippen LogP contribution < -0.4 is 0 Å². The van der Waals surface area contributed by atoms with E-state index in [2.05, 4.69) is 0 Å². The number of aliphatic hydroxyl groups is 1. The Hall–Kier alpha value is -0.220. The highest BCUT2D eigenvalue weighted by Crippen LogP contribution is 2.44. The van der Waals surface area contributed by atoms with Crippen LogP contribution in [0.15, 0.2) is 0 Å². The van der Waals surface area contributed by atoms with Gasteiger partial charge in [0.25, 0.3) is 0 Å². The van der Waals surface area contributed by atoms with Gasteiger partial charge in [-0.15, -0.1) is 0 Å². The third-order valence-electron chi connectivity index (χ3n) is 3.69. The predicted molar refractivity (Wildman–Crippen MR) is 61.9 cm³/mol. The second-order valence-electron chi connectivity index (χ2n) is 4.32. The van der Waals surface area contributed by atoms with Crippen molar-refractivity contribution in [2.24, 2.45) is 5.41 Å². The molecule has 0 aromatic rings. The summed E-state index contributed by atoms with van der Waals surface area (Å²) in [6.07, 6.45) is 1.97. The lowest BCUT2D eigenvalue weighted by molar-refractivity contribution is -0.172. The fourth-order valence-corrected chi connectivity index (χ4v) is 3.32. The van der Waals surface area contributed by atoms with Gasteiger partial charge >= 0.3 is 5.97 Å². The monoisotopic (exact) mass is 232 g/mol. The number of carbonyl (C=O) groups excluding carboxylic acids is 1. The molecule has 15 heavy (non-hydrogen) atoms. The van der Waals surface area contributed by atoms with Crippen LogP contribution in [0, 0.1) is 5.41 Å². The van der Waals surface area contributed by atoms with E-state index < -0.39 is 11.0 Å². The molecule has 1 atom stereocenters. The highest BCUT2D eigenvalue weighted by atomic mass is 32.2. The number of carbonyl (C=O) groups is 1. The van der Waals surface area contributed by atoms with Crippen LogP contribution >= 0.6 is 11.8 Å². The summed E-state index contributed by atoms with van der Waals surface area (Å²) in [5, 5.41) is 10.6. The SMILES string of the molecule is CCC(C)(C(=O)OC)C1(O)CCSCC1. The lowest BCUT2D eigenvalue weighted by atomic mass is 9.68. The highest BCUT2D eigenvalue weighted by molar-refractivity contribution is 7.99. The number of hydrogen-bond acceptors (Lipinski definition) is 4. The molecule has 3 nitrogen and oxygen atoms in total. The Morgan fingerprint density at radius 1 is 1.53 bits per heavy atom. The summed E-state index contributed by atoms with van der Waals surface area (Å²) in [5.74, 6) is 1.55. The van der Waals surface area contributed by atoms with Crippen molar-refractivity contribution in [3.05, 3.63) is 0 Å². The fraction of sp³-hybridized carbons (Fsp3) is 0.909. The van der Waals surface area contributed by atoms with Crippen molar-refractivity contribution in [2.45, 2.75) is 38.7 Å². The highest BCUT2D eigenvalue weighted by Gasteiger charge is 2.52. The Morgan fingerprint density at radius 2 is 2.07 bits per heavy atom. The van der Waals surface area contributed by atoms with Gasteiger partial charge in [-0.05, 0) is 37.7 Å². The quantitative estimate of drug-likeness (QED) is 0.754. The van der Waals surface area contributed by atoms with Crippen LogP contribution in [0.2, 0.25) is 0 Å². The molecule has 0 bridgehead atoms. The first-order valence-electron chi connectivity index (χ1n) is 5.39. The largest absolute Gasteiger partial charge is 0.469 e. The summed E-state index contributed by atoms with van der Waals surface area (Å²) in [6, 6.07) is 0. The Labute approximate surface area is 95.6 Å². The maximum atomic E-state index is 11.8. The number of ether oxygens (including phenoxy) is 1. The molecule has 0 aromatic heterocycles. The molecule has 0 aliphatic carbocycles. The van der Waals surface area contributed by atoms with Gasteiger partial charge in [0.05, 0.1) is 18.1 Å². The molecule has 4 heteroatoms. The van der Waals surface area contributed by atoms with E-state index in [0.717, 1.165) is 11.5 Å². The van der Waals surface area contributed by atoms with Crippen molar-refractivity contribution in [3.8, 4) is 0 Å². The third kappa shape index (κ3) is 2.16. The van der Waals surface area contributed by atoms with E-state index in [1.807, 2.05) is 25.6 Å². The lowest BCUT2D eigenvalue weighted by Gasteiger charge is -2.44. The zero-order valence-corrected chi connectivity index (χ0v) is 10.5. The predicted octanol–water partition coefficient (Wildman–Crippen LogP) is 1.83. The lowest BCUT2D eigenvalue weighted by Crippen LogP contribution is -2.53. The molecular formula is C11H20O3S. The topological polar surface area (TPSA) is 46.5 Å². The van der Waals surface area contributed by atoms with Gasteiger partial charge in [0, 0.05) is 0 Å². The van der Waals surface area contributed by atoms with Crippen molar-refractivity contribution in [2.75, 3.05) is 18.6 Å². The molecule has 1 unspecified atom stereocenters. The molecule has 0 radical (unpaired) electrons. The average molecular weight is 232 g/mol. The number of thioether (sulfide) groups is 1. The molecule has 0 saturated carbocycles. The van der Waals surface area contributed by atoms with Crippen molar-refractivity contribution >= 4 is 17.7 Å². The van der Waals surface area contributed by atoms with Crippen LogP contribution in [-0.2, 0) is 9.53 Å². The number of methoxy groups -OCH3 is 1. The molecule has 0 spiro atoms. The normalized spacial score (nSPS) is 24.3. The van der Waals surface area contributed by atoms with Crippen molar-refractivity contribution in [1.29, 1.82) is 0 Å². The second kappa shape index (κ2) is 4.74. The minimum Gasteiger partial charge on any atom is -0.469 e. The van der Waals surface area contributed by atoms with Crippen LogP contribution in [-0.4, -0.2) is 35.3 Å². The van der Waals surface area contributed by atoms with Crippen LogP contribution in [0.3, 0.4) is 0 Å². The molecule has 0 amide bonds. The number of rotatable bonds is 3. The second-order valence-corrected chi connectivity index (χ2v) is 5.55. The van der Waals surface area contributed by atoms with E-state index >= 15 is 0 Å². The van der Waals surface area contributed by atoms with E-state index in [9.17, 15) is 9.90 Å². The summed E-state index contributed by atoms with van der Waals surface area (Å²) in [4.78, 5) is 11.8. The Kier molecular flexibility index (Phi) is 4.06. The maximum absolute atomic E-state index is 11.8. The summed E-state index contributed by atoms with van der Waals surface area (Å²) < 4.78 is 4.82. The first-order chi connectivity index (χ1) is 7.00. The van der Waals surface area contributed by atoms with E-state index in [1.165, 1.54) is 7.11 Å². The first kappa shape index (κ1) is 12.8. The molecule has 88 valence electrons. The molecule has 0 aromatic carbocycles. The van der Waals surface area contributed by atoms with E-state index in [0.29, 0.717) is 19.3 Å². The van der Waals surface area contributed by atoms with Gasteiger partial charge in [0.15, 0.2) is 0 Å². The molecule has 1 saturated heterocycles. The van der Waals surface area contributed by atoms with E-state index in [4.69, 9.17) is 4.74 Å². The molecular weight excluding hydrogens is 212 g/mol. The Bertz CT molecular complexity index is 236. The van der Waals surface area contributed by atoms with E-state index in [1.54, 1.807) is 0 Å². The standard InChI is InChI=1S/C11H20O3S/c1-4-10(2,9(12)14-3)11(13)5-7-15-8-6-11/h13H,4-8H2,1-3H3. The number of hydrogen-bond donors (Lipinski definition) is 1. The van der Waals surface area contributed by atoms with Crippen LogP contribution in [0.5, 0.6) is 0 Å². The van der Waals surface area contributed by atoms with Gasteiger partial charge in [-0.3, -0.25) is 4.79 Å². The van der Waals surface area contributed by atoms with Crippen molar-refractivity contribution in [3.63, 3.8) is 0 Å². The molecule has 1 heterocycles. The number of esters is 1. The van der Waals surface area contributed by atoms with Gasteiger partial charge < -0.3 is 9.84 Å². The fourth-order valence-electron chi connectivity index (χ4n) is 2.15. The molecule has 1 fully saturated rings. The zero-order valence-electron chi connectivity index (χ0n) is 9.71. The maximum Gasteiger partial charge on any atom is 0.314 e. The minimum absolute atomic E-state index is 0.292. The minimum atomic E-state index is -0.889. The van der Waals surface area contributed by atoms with Crippen molar-refractivity contribution in [1.82, 2.24) is 0 Å². The van der Waals surface area contributed by atoms with E-state index in [-0.39, 0.29) is 5.97 Å². The van der Waals surface area contributed by atoms with Crippen molar-refractivity contribution < 1.29 is 14.6 Å². The summed E-state index contributed by atoms with van der Waals surface area (Å²) in [7, 11) is 1.39. The van der Waals surface area contributed by atoms with Gasteiger partial charge in [0.2, 0.25) is 0 Å². The zero-order chi connectivity index (χ0) is 11.5. The third-order valence-corrected chi connectivity index (χ3v) is 4.68. The van der Waals surface area contributed by atoms with Crippen LogP contribution in [0.4, 0.5) is 0 Å². The summed E-state index contributed by atoms with van der Waals surface area (Å²) in [5.41, 5.74) is -1.65. The summed E-state index contributed by atoms with van der Waals surface area (Å²) >= 11 is 1.83. The van der Waals surface area contributed by atoms with Crippen LogP contribution in [0.25, 0.3) is 0 Å².